The predicted octanol–water partition coefficient (Wildman–Crippen LogP) is 2.67. The van der Waals surface area contributed by atoms with Crippen LogP contribution in [0.4, 0.5) is 18.9 Å². The topological polar surface area (TPSA) is 92.4 Å². The lowest BCUT2D eigenvalue weighted by Gasteiger charge is -2.25. The van der Waals surface area contributed by atoms with E-state index >= 15 is 0 Å². The van der Waals surface area contributed by atoms with Crippen LogP contribution in [0.25, 0.3) is 0 Å². The lowest BCUT2D eigenvalue weighted by atomic mass is 9.96. The third-order valence-corrected chi connectivity index (χ3v) is 4.59. The predicted molar refractivity (Wildman–Crippen MR) is 87.3 cm³/mol. The minimum absolute atomic E-state index is 0.0101. The van der Waals surface area contributed by atoms with Crippen LogP contribution in [0.5, 0.6) is 0 Å². The van der Waals surface area contributed by atoms with Gasteiger partial charge in [-0.1, -0.05) is 30.3 Å². The third-order valence-electron chi connectivity index (χ3n) is 3.62. The number of nitrogens with one attached hydrogen (secondary N) is 1. The number of nitrogens with two attached hydrogens (primary N) is 1. The molecule has 0 radical (unpaired) electrons. The first-order valence-electron chi connectivity index (χ1n) is 7.17. The van der Waals surface area contributed by atoms with Gasteiger partial charge in [0.15, 0.2) is 0 Å². The van der Waals surface area contributed by atoms with Crippen molar-refractivity contribution in [1.82, 2.24) is 0 Å². The molecule has 25 heavy (non-hydrogen) atoms. The first-order chi connectivity index (χ1) is 11.4. The molecule has 0 spiro atoms. The molecule has 5 nitrogen and oxygen atoms in total. The van der Waals surface area contributed by atoms with Gasteiger partial charge in [0.25, 0.3) is 0 Å². The average molecular weight is 374 g/mol. The summed E-state index contributed by atoms with van der Waals surface area (Å²) in [5, 5.41) is 18.0. The van der Waals surface area contributed by atoms with Gasteiger partial charge >= 0.3 is 6.18 Å². The van der Waals surface area contributed by atoms with Crippen molar-refractivity contribution in [2.24, 2.45) is 5.14 Å². The molecule has 0 bridgehead atoms. The fourth-order valence-electron chi connectivity index (χ4n) is 2.28. The molecule has 2 rings (SSSR count). The monoisotopic (exact) mass is 374 g/mol. The van der Waals surface area contributed by atoms with Crippen LogP contribution in [-0.2, 0) is 21.8 Å². The van der Waals surface area contributed by atoms with Crippen LogP contribution < -0.4 is 10.5 Å². The van der Waals surface area contributed by atoms with E-state index < -0.39 is 32.3 Å². The quantitative estimate of drug-likeness (QED) is 0.750. The average Bonchev–Trinajstić information content (AvgIpc) is 2.52. The van der Waals surface area contributed by atoms with E-state index in [0.717, 1.165) is 12.1 Å². The molecule has 9 heteroatoms. The van der Waals surface area contributed by atoms with E-state index in [9.17, 15) is 26.7 Å². The Bertz CT molecular complexity index is 851. The summed E-state index contributed by atoms with van der Waals surface area (Å²) in [4.78, 5) is -1.000. The summed E-state index contributed by atoms with van der Waals surface area (Å²) < 4.78 is 62.0. The zero-order valence-corrected chi connectivity index (χ0v) is 14.0. The van der Waals surface area contributed by atoms with Crippen molar-refractivity contribution in [3.8, 4) is 0 Å². The van der Waals surface area contributed by atoms with E-state index in [1.807, 2.05) is 0 Å². The van der Waals surface area contributed by atoms with Crippen molar-refractivity contribution in [2.75, 3.05) is 11.9 Å². The molecule has 0 heterocycles. The van der Waals surface area contributed by atoms with Gasteiger partial charge in [-0.25, -0.2) is 13.6 Å². The van der Waals surface area contributed by atoms with E-state index in [4.69, 9.17) is 5.14 Å². The highest BCUT2D eigenvalue weighted by Crippen LogP contribution is 2.35. The number of halogens is 3. The molecule has 0 amide bonds. The van der Waals surface area contributed by atoms with Crippen molar-refractivity contribution in [2.45, 2.75) is 23.6 Å². The summed E-state index contributed by atoms with van der Waals surface area (Å²) in [6.45, 7) is 1.43. The Morgan fingerprint density at radius 1 is 1.12 bits per heavy atom. The van der Waals surface area contributed by atoms with Crippen LogP contribution in [0.2, 0.25) is 0 Å². The van der Waals surface area contributed by atoms with Crippen molar-refractivity contribution < 1.29 is 26.7 Å². The Morgan fingerprint density at radius 2 is 1.72 bits per heavy atom. The molecule has 2 aromatic rings. The van der Waals surface area contributed by atoms with E-state index in [1.54, 1.807) is 30.3 Å². The molecule has 0 aromatic heterocycles. The number of hydrogen-bond donors (Lipinski definition) is 3. The van der Waals surface area contributed by atoms with Gasteiger partial charge in [0, 0.05) is 12.2 Å². The van der Waals surface area contributed by atoms with Gasteiger partial charge in [0.05, 0.1) is 10.5 Å². The number of benzene rings is 2. The van der Waals surface area contributed by atoms with Gasteiger partial charge in [0.1, 0.15) is 5.60 Å². The first-order valence-corrected chi connectivity index (χ1v) is 8.72. The summed E-state index contributed by atoms with van der Waals surface area (Å²) in [5.74, 6) is 0. The number of hydrogen-bond acceptors (Lipinski definition) is 4. The highest BCUT2D eigenvalue weighted by atomic mass is 32.2. The zero-order chi connectivity index (χ0) is 18.9. The summed E-state index contributed by atoms with van der Waals surface area (Å²) in [6.07, 6.45) is -4.89. The maximum absolute atomic E-state index is 13.1. The van der Waals surface area contributed by atoms with Crippen molar-refractivity contribution in [1.29, 1.82) is 0 Å². The van der Waals surface area contributed by atoms with E-state index in [1.165, 1.54) is 6.92 Å². The lowest BCUT2D eigenvalue weighted by Crippen LogP contribution is -2.30. The molecule has 0 fully saturated rings. The standard InChI is InChI=1S/C16H17F3N2O3S/c1-15(22,11-5-3-2-4-6-11)10-21-12-7-8-14(25(20,23)24)13(9-12)16(17,18)19/h2-9,21-22H,10H2,1H3,(H2,20,23,24). The zero-order valence-electron chi connectivity index (χ0n) is 13.2. The van der Waals surface area contributed by atoms with Crippen molar-refractivity contribution in [3.05, 3.63) is 59.7 Å². The van der Waals surface area contributed by atoms with Crippen LogP contribution in [0.15, 0.2) is 53.4 Å². The molecule has 136 valence electrons. The Morgan fingerprint density at radius 3 is 2.24 bits per heavy atom. The maximum Gasteiger partial charge on any atom is 0.417 e. The smallest absolute Gasteiger partial charge is 0.384 e. The van der Waals surface area contributed by atoms with E-state index in [-0.39, 0.29) is 12.2 Å². The molecule has 4 N–H and O–H groups in total. The molecule has 1 unspecified atom stereocenters. The molecule has 0 aliphatic carbocycles. The lowest BCUT2D eigenvalue weighted by molar-refractivity contribution is -0.139. The summed E-state index contributed by atoms with van der Waals surface area (Å²) >= 11 is 0. The fourth-order valence-corrected chi connectivity index (χ4v) is 3.02. The van der Waals surface area contributed by atoms with Crippen LogP contribution >= 0.6 is 0 Å². The molecule has 2 aromatic carbocycles. The Kier molecular flexibility index (Phi) is 5.12. The number of primary sulfonamides is 1. The molecule has 0 aliphatic rings. The minimum Gasteiger partial charge on any atom is -0.384 e. The molecule has 0 saturated heterocycles. The number of sulfonamides is 1. The molecule has 0 aliphatic heterocycles. The van der Waals surface area contributed by atoms with Crippen LogP contribution in [0, 0.1) is 0 Å². The second kappa shape index (κ2) is 6.66. The normalized spacial score (nSPS) is 14.8. The second-order valence-corrected chi connectivity index (χ2v) is 7.28. The van der Waals surface area contributed by atoms with Crippen LogP contribution in [-0.4, -0.2) is 20.1 Å². The van der Waals surface area contributed by atoms with Crippen molar-refractivity contribution >= 4 is 15.7 Å². The summed E-state index contributed by atoms with van der Waals surface area (Å²) in [5.41, 5.74) is -2.10. The summed E-state index contributed by atoms with van der Waals surface area (Å²) in [6, 6.07) is 11.2. The number of rotatable bonds is 5. The van der Waals surface area contributed by atoms with E-state index in [2.05, 4.69) is 5.32 Å². The summed E-state index contributed by atoms with van der Waals surface area (Å²) in [7, 11) is -4.52. The maximum atomic E-state index is 13.1. The Hall–Kier alpha value is -2.10. The highest BCUT2D eigenvalue weighted by molar-refractivity contribution is 7.89. The molecular weight excluding hydrogens is 357 g/mol. The van der Waals surface area contributed by atoms with Gasteiger partial charge in [-0.3, -0.25) is 0 Å². The molecule has 0 saturated carbocycles. The fraction of sp³-hybridized carbons (Fsp3) is 0.250. The van der Waals surface area contributed by atoms with Gasteiger partial charge in [-0.2, -0.15) is 13.2 Å². The third kappa shape index (κ3) is 4.71. The van der Waals surface area contributed by atoms with Gasteiger partial charge in [-0.05, 0) is 30.7 Å². The van der Waals surface area contributed by atoms with Crippen molar-refractivity contribution in [3.63, 3.8) is 0 Å². The first kappa shape index (κ1) is 19.2. The van der Waals surface area contributed by atoms with Crippen LogP contribution in [0.1, 0.15) is 18.1 Å². The van der Waals surface area contributed by atoms with Gasteiger partial charge < -0.3 is 10.4 Å². The molecule has 1 atom stereocenters. The Labute approximate surface area is 143 Å². The molecular formula is C16H17F3N2O3S. The van der Waals surface area contributed by atoms with Crippen LogP contribution in [0.3, 0.4) is 0 Å². The number of anilines is 1. The van der Waals surface area contributed by atoms with Gasteiger partial charge in [0.2, 0.25) is 10.0 Å². The van der Waals surface area contributed by atoms with E-state index in [0.29, 0.717) is 11.6 Å². The number of aliphatic hydroxyl groups is 1. The largest absolute Gasteiger partial charge is 0.417 e. The minimum atomic E-state index is -4.89. The number of alkyl halides is 3. The second-order valence-electron chi connectivity index (χ2n) is 5.75. The SMILES string of the molecule is CC(O)(CNc1ccc(S(N)(=O)=O)c(C(F)(F)F)c1)c1ccccc1. The Balaban J connectivity index is 2.30. The van der Waals surface area contributed by atoms with Gasteiger partial charge in [-0.15, -0.1) is 0 Å². The highest BCUT2D eigenvalue weighted by Gasteiger charge is 2.36.